The third-order valence-electron chi connectivity index (χ3n) is 5.19. The molecule has 1 aromatic carbocycles. The molecule has 2 aliphatic rings. The lowest BCUT2D eigenvalue weighted by atomic mass is 9.93. The van der Waals surface area contributed by atoms with Crippen molar-refractivity contribution in [2.75, 3.05) is 19.6 Å². The third kappa shape index (κ3) is 3.23. The Hall–Kier alpha value is -1.90. The fourth-order valence-corrected chi connectivity index (χ4v) is 6.00. The molecule has 2 saturated heterocycles. The first kappa shape index (κ1) is 19.4. The molecular formula is C19H23ClN4O3S. The first-order chi connectivity index (χ1) is 13.1. The van der Waals surface area contributed by atoms with Gasteiger partial charge in [-0.1, -0.05) is 23.7 Å². The van der Waals surface area contributed by atoms with Gasteiger partial charge in [-0.2, -0.15) is 0 Å². The first-order valence-corrected chi connectivity index (χ1v) is 11.0. The smallest absolute Gasteiger partial charge is 0.410 e. The minimum Gasteiger partial charge on any atom is -0.444 e. The van der Waals surface area contributed by atoms with Crippen LogP contribution in [-0.4, -0.2) is 55.8 Å². The largest absolute Gasteiger partial charge is 0.444 e. The molecule has 150 valence electrons. The van der Waals surface area contributed by atoms with Crippen molar-refractivity contribution in [2.24, 2.45) is 5.92 Å². The Bertz CT molecular complexity index is 1050. The molecule has 0 spiro atoms. The van der Waals surface area contributed by atoms with Crippen LogP contribution in [0.4, 0.5) is 4.79 Å². The van der Waals surface area contributed by atoms with E-state index in [1.165, 1.54) is 6.20 Å². The number of hydrogen-bond acceptors (Lipinski definition) is 5. The van der Waals surface area contributed by atoms with E-state index in [4.69, 9.17) is 21.1 Å². The molecule has 1 aromatic heterocycles. The van der Waals surface area contributed by atoms with Crippen LogP contribution in [0.5, 0.6) is 0 Å². The molecule has 0 radical (unpaired) electrons. The van der Waals surface area contributed by atoms with E-state index in [1.807, 2.05) is 26.8 Å². The van der Waals surface area contributed by atoms with Crippen LogP contribution in [0.3, 0.4) is 0 Å². The first-order valence-electron chi connectivity index (χ1n) is 9.14. The Balaban J connectivity index is 1.59. The van der Waals surface area contributed by atoms with E-state index < -0.39 is 15.5 Å². The number of carbonyl (C=O) groups excluding carboxylic acids is 1. The number of rotatable bonds is 2. The highest BCUT2D eigenvalue weighted by atomic mass is 35.5. The van der Waals surface area contributed by atoms with Gasteiger partial charge in [0.25, 0.3) is 0 Å². The molecule has 2 aromatic rings. The van der Waals surface area contributed by atoms with Crippen molar-refractivity contribution in [1.29, 1.82) is 4.78 Å². The molecule has 3 heterocycles. The van der Waals surface area contributed by atoms with E-state index in [2.05, 4.69) is 4.98 Å². The number of nitrogens with one attached hydrogen (secondary N) is 1. The van der Waals surface area contributed by atoms with Gasteiger partial charge < -0.3 is 9.64 Å². The number of ether oxygens (including phenoxy) is 1. The molecule has 7 nitrogen and oxygen atoms in total. The van der Waals surface area contributed by atoms with Gasteiger partial charge in [0.1, 0.15) is 15.5 Å². The van der Waals surface area contributed by atoms with Gasteiger partial charge in [0, 0.05) is 48.7 Å². The lowest BCUT2D eigenvalue weighted by Crippen LogP contribution is -2.59. The number of halogens is 1. The number of hydrogen-bond donors (Lipinski definition) is 1. The van der Waals surface area contributed by atoms with Crippen LogP contribution in [-0.2, 0) is 14.7 Å². The summed E-state index contributed by atoms with van der Waals surface area (Å²) >= 11 is 6.31. The lowest BCUT2D eigenvalue weighted by Gasteiger charge is -2.43. The Morgan fingerprint density at radius 2 is 2.04 bits per heavy atom. The molecule has 9 heteroatoms. The summed E-state index contributed by atoms with van der Waals surface area (Å²) in [6.07, 6.45) is 2.80. The van der Waals surface area contributed by atoms with Gasteiger partial charge in [0.2, 0.25) is 0 Å². The van der Waals surface area contributed by atoms with Crippen molar-refractivity contribution in [1.82, 2.24) is 14.2 Å². The number of nitrogens with zero attached hydrogens (tertiary/aromatic N) is 3. The summed E-state index contributed by atoms with van der Waals surface area (Å²) in [6, 6.07) is 5.22. The molecule has 2 aliphatic heterocycles. The van der Waals surface area contributed by atoms with Crippen LogP contribution in [0, 0.1) is 10.7 Å². The molecule has 1 N–H and O–H groups in total. The van der Waals surface area contributed by atoms with E-state index in [0.29, 0.717) is 34.9 Å². The predicted octanol–water partition coefficient (Wildman–Crippen LogP) is 3.76. The second-order valence-electron chi connectivity index (χ2n) is 8.31. The maximum absolute atomic E-state index is 13.6. The van der Waals surface area contributed by atoms with Crippen molar-refractivity contribution >= 4 is 38.4 Å². The van der Waals surface area contributed by atoms with E-state index in [0.717, 1.165) is 5.39 Å². The molecular weight excluding hydrogens is 400 g/mol. The van der Waals surface area contributed by atoms with Crippen molar-refractivity contribution < 1.29 is 13.7 Å². The van der Waals surface area contributed by atoms with Crippen LogP contribution in [0.1, 0.15) is 20.8 Å². The fraction of sp³-hybridized carbons (Fsp3) is 0.474. The van der Waals surface area contributed by atoms with Gasteiger partial charge in [-0.25, -0.2) is 18.1 Å². The van der Waals surface area contributed by atoms with Gasteiger partial charge in [-0.3, -0.25) is 4.98 Å². The van der Waals surface area contributed by atoms with Gasteiger partial charge in [0.15, 0.2) is 0 Å². The third-order valence-corrected chi connectivity index (χ3v) is 7.44. The number of carbonyl (C=O) groups is 1. The van der Waals surface area contributed by atoms with E-state index >= 15 is 0 Å². The zero-order valence-electron chi connectivity index (χ0n) is 16.0. The summed E-state index contributed by atoms with van der Waals surface area (Å²) in [5, 5.41) is 1.73. The van der Waals surface area contributed by atoms with E-state index in [-0.39, 0.29) is 18.1 Å². The van der Waals surface area contributed by atoms with Gasteiger partial charge in [-0.15, -0.1) is 0 Å². The normalized spacial score (nSPS) is 24.5. The highest BCUT2D eigenvalue weighted by molar-refractivity contribution is 7.90. The van der Waals surface area contributed by atoms with Crippen molar-refractivity contribution in [2.45, 2.75) is 37.3 Å². The molecule has 2 fully saturated rings. The van der Waals surface area contributed by atoms with Crippen LogP contribution in [0.25, 0.3) is 10.8 Å². The molecule has 1 amide bonds. The van der Waals surface area contributed by atoms with Crippen molar-refractivity contribution in [3.63, 3.8) is 0 Å². The quantitative estimate of drug-likeness (QED) is 0.798. The molecule has 1 unspecified atom stereocenters. The number of aromatic nitrogens is 1. The number of likely N-dealkylation sites (tertiary alicyclic amines) is 1. The summed E-state index contributed by atoms with van der Waals surface area (Å²) in [5.74, 6) is 0.200. The van der Waals surface area contributed by atoms with Gasteiger partial charge in [0.05, 0.1) is 16.0 Å². The monoisotopic (exact) mass is 422 g/mol. The molecule has 0 aliphatic carbocycles. The van der Waals surface area contributed by atoms with Crippen molar-refractivity contribution in [3.05, 3.63) is 35.6 Å². The van der Waals surface area contributed by atoms with E-state index in [9.17, 15) is 9.00 Å². The van der Waals surface area contributed by atoms with Crippen LogP contribution in [0.15, 0.2) is 35.5 Å². The summed E-state index contributed by atoms with van der Waals surface area (Å²) in [6.45, 7) is 6.94. The Morgan fingerprint density at radius 1 is 1.29 bits per heavy atom. The van der Waals surface area contributed by atoms with Crippen LogP contribution < -0.4 is 0 Å². The van der Waals surface area contributed by atoms with Crippen LogP contribution >= 0.6 is 11.6 Å². The zero-order chi connectivity index (χ0) is 20.3. The Kier molecular flexibility index (Phi) is 4.56. The van der Waals surface area contributed by atoms with E-state index in [1.54, 1.807) is 27.5 Å². The number of amides is 1. The average Bonchev–Trinajstić information content (AvgIpc) is 2.90. The highest BCUT2D eigenvalue weighted by Crippen LogP contribution is 2.38. The maximum atomic E-state index is 13.6. The molecule has 3 atom stereocenters. The average molecular weight is 423 g/mol. The minimum atomic E-state index is -3.26. The topological polar surface area (TPSA) is 86.6 Å². The predicted molar refractivity (Wildman–Crippen MR) is 108 cm³/mol. The second-order valence-corrected chi connectivity index (χ2v) is 10.7. The standard InChI is InChI=1S/C19H23ClN4O3S/c1-19(2,3)27-18(25)24-10-13-9-23(11-15(13)24)28(21,26)16-6-4-5-12-7-22-8-14(20)17(12)16/h4-8,13,15,21H,9-11H2,1-3H3/t13-,15-,28?/m0/s1. The number of fused-ring (bicyclic) bond motifs is 2. The summed E-state index contributed by atoms with van der Waals surface area (Å²) in [7, 11) is -3.26. The molecule has 4 rings (SSSR count). The minimum absolute atomic E-state index is 0.0758. The fourth-order valence-electron chi connectivity index (χ4n) is 3.87. The number of pyridine rings is 1. The molecule has 28 heavy (non-hydrogen) atoms. The number of benzene rings is 1. The van der Waals surface area contributed by atoms with Gasteiger partial charge >= 0.3 is 6.09 Å². The summed E-state index contributed by atoms with van der Waals surface area (Å²) in [5.41, 5.74) is -0.558. The SMILES string of the molecule is CC(C)(C)OC(=O)N1C[C@@H]2CN(S(=N)(=O)c3cccc4cncc(Cl)c34)C[C@@H]21. The highest BCUT2D eigenvalue weighted by Gasteiger charge is 2.51. The Labute approximate surface area is 169 Å². The lowest BCUT2D eigenvalue weighted by molar-refractivity contribution is -0.0164. The summed E-state index contributed by atoms with van der Waals surface area (Å²) in [4.78, 5) is 18.5. The Morgan fingerprint density at radius 3 is 2.75 bits per heavy atom. The van der Waals surface area contributed by atoms with Gasteiger partial charge in [-0.05, 0) is 26.8 Å². The zero-order valence-corrected chi connectivity index (χ0v) is 17.6. The molecule has 0 bridgehead atoms. The summed E-state index contributed by atoms with van der Waals surface area (Å²) < 4.78 is 29.4. The maximum Gasteiger partial charge on any atom is 0.410 e. The van der Waals surface area contributed by atoms with Crippen molar-refractivity contribution in [3.8, 4) is 0 Å². The van der Waals surface area contributed by atoms with Crippen LogP contribution in [0.2, 0.25) is 5.02 Å². The molecule has 0 saturated carbocycles. The second kappa shape index (κ2) is 6.57.